The summed E-state index contributed by atoms with van der Waals surface area (Å²) in [4.78, 5) is 28.6. The Bertz CT molecular complexity index is 1460. The van der Waals surface area contributed by atoms with Gasteiger partial charge in [0.25, 0.3) is 11.8 Å². The van der Waals surface area contributed by atoms with Gasteiger partial charge in [-0.05, 0) is 60.8 Å². The standard InChI is InChI=1S/C27H20ClN3O2S2/c28-19-10-12-21(13-11-19)35-15-14-30-17-18(22-8-4-5-9-24(22)30)16-23-25(32)29-27(34)31(26(23)33)20-6-2-1-3-7-20/h1-13,16-17H,14-15H2,(H,29,32,34)/b23-16+. The van der Waals surface area contributed by atoms with E-state index in [1.54, 1.807) is 30.0 Å². The lowest BCUT2D eigenvalue weighted by Gasteiger charge is -2.28. The van der Waals surface area contributed by atoms with Crippen LogP contribution in [0.15, 0.2) is 95.5 Å². The second-order valence-electron chi connectivity index (χ2n) is 7.89. The van der Waals surface area contributed by atoms with Gasteiger partial charge in [-0.2, -0.15) is 0 Å². The number of thioether (sulfide) groups is 1. The molecule has 0 radical (unpaired) electrons. The number of thiocarbonyl (C=S) groups is 1. The molecule has 4 aromatic rings. The molecule has 0 bridgehead atoms. The van der Waals surface area contributed by atoms with Crippen molar-refractivity contribution in [2.24, 2.45) is 0 Å². The molecule has 0 spiro atoms. The van der Waals surface area contributed by atoms with E-state index in [2.05, 4.69) is 9.88 Å². The fourth-order valence-corrected chi connectivity index (χ4v) is 5.25. The highest BCUT2D eigenvalue weighted by Gasteiger charge is 2.34. The number of carbonyl (C=O) groups excluding carboxylic acids is 2. The van der Waals surface area contributed by atoms with Crippen LogP contribution in [-0.2, 0) is 16.1 Å². The maximum absolute atomic E-state index is 13.3. The monoisotopic (exact) mass is 517 g/mol. The van der Waals surface area contributed by atoms with Crippen molar-refractivity contribution in [1.29, 1.82) is 0 Å². The number of halogens is 1. The summed E-state index contributed by atoms with van der Waals surface area (Å²) < 4.78 is 2.15. The van der Waals surface area contributed by atoms with Crippen molar-refractivity contribution >= 4 is 75.2 Å². The van der Waals surface area contributed by atoms with Gasteiger partial charge < -0.3 is 4.57 Å². The molecule has 1 aromatic heterocycles. The first kappa shape index (κ1) is 23.4. The van der Waals surface area contributed by atoms with E-state index in [1.807, 2.05) is 72.9 Å². The molecule has 35 heavy (non-hydrogen) atoms. The van der Waals surface area contributed by atoms with Gasteiger partial charge in [0.05, 0.1) is 5.69 Å². The lowest BCUT2D eigenvalue weighted by atomic mass is 10.1. The number of fused-ring (bicyclic) bond motifs is 1. The predicted octanol–water partition coefficient (Wildman–Crippen LogP) is 5.92. The zero-order valence-electron chi connectivity index (χ0n) is 18.5. The number of amides is 2. The van der Waals surface area contributed by atoms with Gasteiger partial charge in [0.1, 0.15) is 5.57 Å². The van der Waals surface area contributed by atoms with Gasteiger partial charge in [0.15, 0.2) is 5.11 Å². The number of aryl methyl sites for hydroxylation is 1. The third kappa shape index (κ3) is 4.89. The minimum atomic E-state index is -0.498. The van der Waals surface area contributed by atoms with Gasteiger partial charge in [-0.3, -0.25) is 19.8 Å². The summed E-state index contributed by atoms with van der Waals surface area (Å²) in [5, 5.41) is 4.41. The number of hydrogen-bond acceptors (Lipinski definition) is 4. The van der Waals surface area contributed by atoms with E-state index >= 15 is 0 Å². The molecular formula is C27H20ClN3O2S2. The molecule has 0 atom stereocenters. The molecule has 1 N–H and O–H groups in total. The minimum Gasteiger partial charge on any atom is -0.346 e. The number of aromatic nitrogens is 1. The Morgan fingerprint density at radius 3 is 2.43 bits per heavy atom. The number of nitrogens with one attached hydrogen (secondary N) is 1. The van der Waals surface area contributed by atoms with Gasteiger partial charge in [0, 0.05) is 44.9 Å². The zero-order valence-corrected chi connectivity index (χ0v) is 20.9. The number of anilines is 1. The molecule has 1 fully saturated rings. The molecule has 174 valence electrons. The lowest BCUT2D eigenvalue weighted by Crippen LogP contribution is -2.54. The summed E-state index contributed by atoms with van der Waals surface area (Å²) in [5.41, 5.74) is 2.49. The second kappa shape index (κ2) is 10.1. The van der Waals surface area contributed by atoms with Gasteiger partial charge in [0.2, 0.25) is 0 Å². The zero-order chi connectivity index (χ0) is 24.4. The molecule has 2 heterocycles. The highest BCUT2D eigenvalue weighted by atomic mass is 35.5. The van der Waals surface area contributed by atoms with E-state index in [9.17, 15) is 9.59 Å². The third-order valence-electron chi connectivity index (χ3n) is 5.65. The van der Waals surface area contributed by atoms with Crippen molar-refractivity contribution in [2.75, 3.05) is 10.7 Å². The molecular weight excluding hydrogens is 498 g/mol. The SMILES string of the molecule is O=C1NC(=S)N(c2ccccc2)C(=O)/C1=C/c1cn(CCSc2ccc(Cl)cc2)c2ccccc12. The molecule has 5 rings (SSSR count). The van der Waals surface area contributed by atoms with E-state index in [0.29, 0.717) is 5.69 Å². The summed E-state index contributed by atoms with van der Waals surface area (Å²) >= 11 is 13.0. The lowest BCUT2D eigenvalue weighted by molar-refractivity contribution is -0.122. The van der Waals surface area contributed by atoms with Crippen LogP contribution in [0.2, 0.25) is 5.02 Å². The molecule has 0 saturated carbocycles. The Labute approximate surface area is 217 Å². The summed E-state index contributed by atoms with van der Waals surface area (Å²) in [6.45, 7) is 0.761. The summed E-state index contributed by atoms with van der Waals surface area (Å²) in [6, 6.07) is 24.8. The van der Waals surface area contributed by atoms with E-state index in [1.165, 1.54) is 4.90 Å². The average Bonchev–Trinajstić information content (AvgIpc) is 3.21. The van der Waals surface area contributed by atoms with Crippen molar-refractivity contribution in [3.8, 4) is 0 Å². The third-order valence-corrected chi connectivity index (χ3v) is 7.18. The highest BCUT2D eigenvalue weighted by molar-refractivity contribution is 7.99. The largest absolute Gasteiger partial charge is 0.346 e. The summed E-state index contributed by atoms with van der Waals surface area (Å²) in [6.07, 6.45) is 3.64. The number of benzene rings is 3. The van der Waals surface area contributed by atoms with Gasteiger partial charge in [-0.15, -0.1) is 11.8 Å². The van der Waals surface area contributed by atoms with Gasteiger partial charge in [-0.1, -0.05) is 48.0 Å². The van der Waals surface area contributed by atoms with Crippen molar-refractivity contribution in [3.63, 3.8) is 0 Å². The Kier molecular flexibility index (Phi) is 6.72. The molecule has 8 heteroatoms. The smallest absolute Gasteiger partial charge is 0.270 e. The van der Waals surface area contributed by atoms with E-state index in [4.69, 9.17) is 23.8 Å². The first-order chi connectivity index (χ1) is 17.0. The number of rotatable bonds is 6. The molecule has 5 nitrogen and oxygen atoms in total. The van der Waals surface area contributed by atoms with Gasteiger partial charge in [-0.25, -0.2) is 0 Å². The van der Waals surface area contributed by atoms with Crippen LogP contribution in [0.3, 0.4) is 0 Å². The molecule has 1 saturated heterocycles. The van der Waals surface area contributed by atoms with Crippen LogP contribution in [0.4, 0.5) is 5.69 Å². The number of para-hydroxylation sites is 2. The number of hydrogen-bond donors (Lipinski definition) is 1. The van der Waals surface area contributed by atoms with Crippen molar-refractivity contribution in [3.05, 3.63) is 101 Å². The van der Waals surface area contributed by atoms with E-state index in [0.717, 1.165) is 38.7 Å². The van der Waals surface area contributed by atoms with Crippen LogP contribution in [-0.4, -0.2) is 27.2 Å². The molecule has 1 aliphatic rings. The van der Waals surface area contributed by atoms with Crippen LogP contribution >= 0.6 is 35.6 Å². The van der Waals surface area contributed by atoms with Crippen molar-refractivity contribution in [1.82, 2.24) is 9.88 Å². The van der Waals surface area contributed by atoms with E-state index in [-0.39, 0.29) is 10.7 Å². The molecule has 0 unspecified atom stereocenters. The maximum atomic E-state index is 13.3. The quantitative estimate of drug-likeness (QED) is 0.149. The van der Waals surface area contributed by atoms with Crippen LogP contribution in [0.5, 0.6) is 0 Å². The fraction of sp³-hybridized carbons (Fsp3) is 0.0741. The summed E-state index contributed by atoms with van der Waals surface area (Å²) in [7, 11) is 0. The first-order valence-electron chi connectivity index (χ1n) is 10.9. The number of carbonyl (C=O) groups is 2. The van der Waals surface area contributed by atoms with Gasteiger partial charge >= 0.3 is 0 Å². The molecule has 2 amide bonds. The van der Waals surface area contributed by atoms with E-state index < -0.39 is 11.8 Å². The molecule has 1 aliphatic heterocycles. The van der Waals surface area contributed by atoms with Crippen LogP contribution < -0.4 is 10.2 Å². The fourth-order valence-electron chi connectivity index (χ4n) is 3.99. The minimum absolute atomic E-state index is 0.0425. The maximum Gasteiger partial charge on any atom is 0.270 e. The van der Waals surface area contributed by atoms with Crippen LogP contribution in [0, 0.1) is 0 Å². The number of nitrogens with zero attached hydrogens (tertiary/aromatic N) is 2. The Morgan fingerprint density at radius 2 is 1.66 bits per heavy atom. The second-order valence-corrected chi connectivity index (χ2v) is 9.88. The van der Waals surface area contributed by atoms with Crippen molar-refractivity contribution in [2.45, 2.75) is 11.4 Å². The first-order valence-corrected chi connectivity index (χ1v) is 12.7. The highest BCUT2D eigenvalue weighted by Crippen LogP contribution is 2.28. The summed E-state index contributed by atoms with van der Waals surface area (Å²) in [5.74, 6) is -0.0893. The Hall–Kier alpha value is -3.39. The Morgan fingerprint density at radius 1 is 0.943 bits per heavy atom. The normalized spacial score (nSPS) is 15.2. The molecule has 3 aromatic carbocycles. The topological polar surface area (TPSA) is 54.3 Å². The van der Waals surface area contributed by atoms with Crippen molar-refractivity contribution < 1.29 is 9.59 Å². The average molecular weight is 518 g/mol. The van der Waals surface area contributed by atoms with Crippen LogP contribution in [0.25, 0.3) is 17.0 Å². The predicted molar refractivity (Wildman–Crippen MR) is 147 cm³/mol. The Balaban J connectivity index is 1.44. The molecule has 0 aliphatic carbocycles. The van der Waals surface area contributed by atoms with Crippen LogP contribution in [0.1, 0.15) is 5.56 Å².